The van der Waals surface area contributed by atoms with Crippen LogP contribution < -0.4 is 20.1 Å². The van der Waals surface area contributed by atoms with E-state index in [0.29, 0.717) is 12.3 Å². The maximum Gasteiger partial charge on any atom is 0.246 e. The lowest BCUT2D eigenvalue weighted by Gasteiger charge is -2.16. The second-order valence-electron chi connectivity index (χ2n) is 6.61. The largest absolute Gasteiger partial charge is 0.494 e. The molecule has 8 heteroatoms. The first-order chi connectivity index (χ1) is 13.2. The van der Waals surface area contributed by atoms with Crippen molar-refractivity contribution < 1.29 is 17.9 Å². The van der Waals surface area contributed by atoms with E-state index in [1.54, 1.807) is 32.9 Å². The lowest BCUT2D eigenvalue weighted by Crippen LogP contribution is -2.32. The highest BCUT2D eigenvalue weighted by Gasteiger charge is 2.16. The lowest BCUT2D eigenvalue weighted by molar-refractivity contribution is -0.116. The highest BCUT2D eigenvalue weighted by Crippen LogP contribution is 2.18. The number of ether oxygens (including phenoxy) is 1. The quantitative estimate of drug-likeness (QED) is 0.595. The molecule has 3 N–H and O–H groups in total. The van der Waals surface area contributed by atoms with Crippen LogP contribution in [0.15, 0.2) is 53.4 Å². The Hall–Kier alpha value is -2.58. The first-order valence-electron chi connectivity index (χ1n) is 9.14. The summed E-state index contributed by atoms with van der Waals surface area (Å²) in [6, 6.07) is 12.7. The van der Waals surface area contributed by atoms with Crippen molar-refractivity contribution in [3.8, 4) is 5.75 Å². The van der Waals surface area contributed by atoms with Crippen molar-refractivity contribution in [1.29, 1.82) is 0 Å². The van der Waals surface area contributed by atoms with E-state index in [-0.39, 0.29) is 16.8 Å². The number of benzene rings is 2. The van der Waals surface area contributed by atoms with Crippen LogP contribution in [-0.4, -0.2) is 33.0 Å². The van der Waals surface area contributed by atoms with Crippen molar-refractivity contribution in [2.24, 2.45) is 0 Å². The van der Waals surface area contributed by atoms with E-state index in [1.807, 2.05) is 31.2 Å². The van der Waals surface area contributed by atoms with Crippen molar-refractivity contribution in [2.75, 3.05) is 17.2 Å². The van der Waals surface area contributed by atoms with E-state index in [4.69, 9.17) is 4.74 Å². The van der Waals surface area contributed by atoms with Gasteiger partial charge in [-0.1, -0.05) is 0 Å². The molecule has 0 heterocycles. The van der Waals surface area contributed by atoms with E-state index in [1.165, 1.54) is 12.1 Å². The Bertz CT molecular complexity index is 879. The summed E-state index contributed by atoms with van der Waals surface area (Å²) in [5.41, 5.74) is 1.32. The molecule has 2 rings (SSSR count). The van der Waals surface area contributed by atoms with Crippen LogP contribution in [0.1, 0.15) is 27.7 Å². The summed E-state index contributed by atoms with van der Waals surface area (Å²) in [5, 5.41) is 5.89. The molecule has 0 aromatic heterocycles. The zero-order valence-corrected chi connectivity index (χ0v) is 17.3. The highest BCUT2D eigenvalue weighted by atomic mass is 32.2. The molecule has 152 valence electrons. The Morgan fingerprint density at radius 3 is 2.07 bits per heavy atom. The summed E-state index contributed by atoms with van der Waals surface area (Å²) < 4.78 is 32.2. The number of anilines is 2. The monoisotopic (exact) mass is 405 g/mol. The van der Waals surface area contributed by atoms with Gasteiger partial charge in [-0.05, 0) is 76.2 Å². The molecule has 0 radical (unpaired) electrons. The van der Waals surface area contributed by atoms with Crippen LogP contribution >= 0.6 is 0 Å². The van der Waals surface area contributed by atoms with Gasteiger partial charge in [0.1, 0.15) is 11.8 Å². The van der Waals surface area contributed by atoms with Crippen LogP contribution in [0, 0.1) is 0 Å². The molecule has 7 nitrogen and oxygen atoms in total. The van der Waals surface area contributed by atoms with E-state index >= 15 is 0 Å². The highest BCUT2D eigenvalue weighted by molar-refractivity contribution is 7.89. The molecule has 0 aliphatic rings. The number of amides is 1. The summed E-state index contributed by atoms with van der Waals surface area (Å²) in [7, 11) is -3.55. The lowest BCUT2D eigenvalue weighted by atomic mass is 10.2. The van der Waals surface area contributed by atoms with Crippen LogP contribution in [0.25, 0.3) is 0 Å². The van der Waals surface area contributed by atoms with Gasteiger partial charge in [0.2, 0.25) is 15.9 Å². The molecular weight excluding hydrogens is 378 g/mol. The van der Waals surface area contributed by atoms with E-state index < -0.39 is 16.1 Å². The van der Waals surface area contributed by atoms with Gasteiger partial charge >= 0.3 is 0 Å². The summed E-state index contributed by atoms with van der Waals surface area (Å²) in [6.07, 6.45) is 0. The normalized spacial score (nSPS) is 12.5. The number of carbonyl (C=O) groups excluding carboxylic acids is 1. The van der Waals surface area contributed by atoms with E-state index in [0.717, 1.165) is 11.4 Å². The molecule has 0 spiro atoms. The van der Waals surface area contributed by atoms with Crippen molar-refractivity contribution in [1.82, 2.24) is 4.72 Å². The minimum atomic E-state index is -3.55. The molecule has 0 bridgehead atoms. The van der Waals surface area contributed by atoms with Gasteiger partial charge in [-0.25, -0.2) is 13.1 Å². The first kappa shape index (κ1) is 21.7. The summed E-state index contributed by atoms with van der Waals surface area (Å²) in [6.45, 7) is 7.77. The molecule has 0 unspecified atom stereocenters. The van der Waals surface area contributed by atoms with Crippen LogP contribution in [0.4, 0.5) is 11.4 Å². The summed E-state index contributed by atoms with van der Waals surface area (Å²) in [4.78, 5) is 12.5. The molecule has 28 heavy (non-hydrogen) atoms. The molecule has 0 saturated heterocycles. The van der Waals surface area contributed by atoms with Crippen molar-refractivity contribution in [2.45, 2.75) is 44.7 Å². The fourth-order valence-electron chi connectivity index (χ4n) is 2.48. The predicted molar refractivity (Wildman–Crippen MR) is 111 cm³/mol. The fourth-order valence-corrected chi connectivity index (χ4v) is 3.73. The third-order valence-corrected chi connectivity index (χ3v) is 5.44. The van der Waals surface area contributed by atoms with E-state index in [2.05, 4.69) is 15.4 Å². The van der Waals surface area contributed by atoms with Gasteiger partial charge < -0.3 is 15.4 Å². The minimum absolute atomic E-state index is 0.153. The van der Waals surface area contributed by atoms with Gasteiger partial charge in [0.05, 0.1) is 11.5 Å². The summed E-state index contributed by atoms with van der Waals surface area (Å²) in [5.74, 6) is 0.539. The molecule has 1 atom stereocenters. The Kier molecular flexibility index (Phi) is 7.42. The van der Waals surface area contributed by atoms with E-state index in [9.17, 15) is 13.2 Å². The molecule has 0 saturated carbocycles. The third-order valence-electron chi connectivity index (χ3n) is 3.76. The first-order valence-corrected chi connectivity index (χ1v) is 10.6. The van der Waals surface area contributed by atoms with Crippen LogP contribution in [0.2, 0.25) is 0 Å². The second-order valence-corrected chi connectivity index (χ2v) is 8.33. The number of hydrogen-bond donors (Lipinski definition) is 3. The number of rotatable bonds is 9. The average molecular weight is 406 g/mol. The Morgan fingerprint density at radius 2 is 1.54 bits per heavy atom. The van der Waals surface area contributed by atoms with Gasteiger partial charge in [0.25, 0.3) is 0 Å². The van der Waals surface area contributed by atoms with Gasteiger partial charge in [-0.3, -0.25) is 4.79 Å². The van der Waals surface area contributed by atoms with Crippen molar-refractivity contribution >= 4 is 27.3 Å². The zero-order valence-electron chi connectivity index (χ0n) is 16.5. The fraction of sp³-hybridized carbons (Fsp3) is 0.350. The maximum atomic E-state index is 12.4. The molecule has 0 aliphatic carbocycles. The number of carbonyl (C=O) groups is 1. The van der Waals surface area contributed by atoms with Gasteiger partial charge in [0.15, 0.2) is 0 Å². The molecule has 1 amide bonds. The molecule has 0 fully saturated rings. The van der Waals surface area contributed by atoms with Gasteiger partial charge in [-0.2, -0.15) is 0 Å². The summed E-state index contributed by atoms with van der Waals surface area (Å²) >= 11 is 0. The molecule has 2 aromatic carbocycles. The third kappa shape index (κ3) is 6.24. The Balaban J connectivity index is 1.96. The van der Waals surface area contributed by atoms with Crippen molar-refractivity contribution in [3.05, 3.63) is 48.5 Å². The van der Waals surface area contributed by atoms with Gasteiger partial charge in [-0.15, -0.1) is 0 Å². The van der Waals surface area contributed by atoms with Crippen LogP contribution in [0.5, 0.6) is 5.75 Å². The Labute approximate surface area is 166 Å². The molecule has 2 aromatic rings. The Morgan fingerprint density at radius 1 is 0.964 bits per heavy atom. The number of nitrogens with one attached hydrogen (secondary N) is 3. The van der Waals surface area contributed by atoms with Crippen LogP contribution in [-0.2, 0) is 14.8 Å². The molecular formula is C20H27N3O4S. The number of sulfonamides is 1. The average Bonchev–Trinajstić information content (AvgIpc) is 2.63. The number of hydrogen-bond acceptors (Lipinski definition) is 5. The standard InChI is InChI=1S/C20H27N3O4S/c1-5-27-18-10-6-16(7-11-18)21-15(4)20(24)22-17-8-12-19(13-9-17)28(25,26)23-14(2)3/h6-15,21,23H,5H2,1-4H3,(H,22,24)/t15-/m1/s1. The predicted octanol–water partition coefficient (Wildman–Crippen LogP) is 3.21. The minimum Gasteiger partial charge on any atom is -0.494 e. The van der Waals surface area contributed by atoms with Crippen molar-refractivity contribution in [3.63, 3.8) is 0 Å². The topological polar surface area (TPSA) is 96.5 Å². The zero-order chi connectivity index (χ0) is 20.7. The molecule has 0 aliphatic heterocycles. The SMILES string of the molecule is CCOc1ccc(N[C@H](C)C(=O)Nc2ccc(S(=O)(=O)NC(C)C)cc2)cc1. The van der Waals surface area contributed by atoms with Gasteiger partial charge in [0, 0.05) is 17.4 Å². The maximum absolute atomic E-state index is 12.4. The van der Waals surface area contributed by atoms with Crippen LogP contribution in [0.3, 0.4) is 0 Å². The smallest absolute Gasteiger partial charge is 0.246 e. The second kappa shape index (κ2) is 9.57.